The Morgan fingerprint density at radius 3 is 2.51 bits per heavy atom. The van der Waals surface area contributed by atoms with E-state index in [0.717, 1.165) is 16.3 Å². The smallest absolute Gasteiger partial charge is 0.295 e. The number of aliphatic hydroxyl groups excluding tert-OH is 1. The molecule has 2 heterocycles. The van der Waals surface area contributed by atoms with Crippen molar-refractivity contribution in [2.24, 2.45) is 0 Å². The summed E-state index contributed by atoms with van der Waals surface area (Å²) in [5, 5.41) is 13.2. The lowest BCUT2D eigenvalue weighted by Crippen LogP contribution is -2.31. The third-order valence-corrected chi connectivity index (χ3v) is 6.40. The fourth-order valence-electron chi connectivity index (χ4n) is 4.67. The molecule has 0 bridgehead atoms. The normalized spacial score (nSPS) is 17.3. The highest BCUT2D eigenvalue weighted by Gasteiger charge is 2.46. The third kappa shape index (κ3) is 4.17. The monoisotopic (exact) mass is 467 g/mol. The van der Waals surface area contributed by atoms with Gasteiger partial charge in [-0.2, -0.15) is 0 Å². The second-order valence-corrected chi connectivity index (χ2v) is 8.44. The van der Waals surface area contributed by atoms with Crippen LogP contribution < -0.4 is 4.74 Å². The topological polar surface area (TPSA) is 84.7 Å². The number of likely N-dealkylation sites (tertiary alicyclic amines) is 1. The summed E-state index contributed by atoms with van der Waals surface area (Å²) in [6, 6.07) is 19.8. The number of amides is 1. The predicted octanol–water partition coefficient (Wildman–Crippen LogP) is 4.56. The van der Waals surface area contributed by atoms with Crippen molar-refractivity contribution in [3.8, 4) is 5.75 Å². The maximum absolute atomic E-state index is 13.3. The van der Waals surface area contributed by atoms with Crippen LogP contribution in [0.4, 0.5) is 0 Å². The van der Waals surface area contributed by atoms with E-state index in [1.807, 2.05) is 53.2 Å². The van der Waals surface area contributed by atoms with Crippen LogP contribution in [0.5, 0.6) is 5.75 Å². The molecule has 4 aromatic rings. The van der Waals surface area contributed by atoms with Crippen molar-refractivity contribution in [2.45, 2.75) is 19.0 Å². The SMILES string of the molecule is COc1ccc(/C(O)=C2\C(=O)C(=O)N(CCCn3ccnc3)C2c2cccc3ccccc23)cc1. The fraction of sp³-hybridized carbons (Fsp3) is 0.179. The zero-order chi connectivity index (χ0) is 24.4. The highest BCUT2D eigenvalue weighted by Crippen LogP contribution is 2.42. The number of hydrogen-bond acceptors (Lipinski definition) is 5. The summed E-state index contributed by atoms with van der Waals surface area (Å²) in [4.78, 5) is 32.2. The number of nitrogens with zero attached hydrogens (tertiary/aromatic N) is 3. The molecule has 0 saturated carbocycles. The molecule has 7 nitrogen and oxygen atoms in total. The van der Waals surface area contributed by atoms with Crippen molar-refractivity contribution < 1.29 is 19.4 Å². The number of aliphatic hydroxyl groups is 1. The van der Waals surface area contributed by atoms with Gasteiger partial charge in [0.1, 0.15) is 11.5 Å². The maximum atomic E-state index is 13.3. The molecule has 1 aliphatic rings. The number of ketones is 1. The number of imidazole rings is 1. The average Bonchev–Trinajstić information content (AvgIpc) is 3.50. The number of benzene rings is 3. The second kappa shape index (κ2) is 9.46. The molecule has 1 unspecified atom stereocenters. The molecular formula is C28H25N3O4. The molecule has 7 heteroatoms. The van der Waals surface area contributed by atoms with Crippen molar-refractivity contribution in [1.82, 2.24) is 14.5 Å². The Balaban J connectivity index is 1.61. The third-order valence-electron chi connectivity index (χ3n) is 6.40. The Morgan fingerprint density at radius 1 is 1.00 bits per heavy atom. The van der Waals surface area contributed by atoms with Gasteiger partial charge in [0.05, 0.1) is 25.1 Å². The predicted molar refractivity (Wildman–Crippen MR) is 133 cm³/mol. The van der Waals surface area contributed by atoms with Crippen LogP contribution in [0.3, 0.4) is 0 Å². The number of ether oxygens (including phenoxy) is 1. The molecule has 0 spiro atoms. The van der Waals surface area contributed by atoms with Crippen molar-refractivity contribution in [2.75, 3.05) is 13.7 Å². The molecule has 1 N–H and O–H groups in total. The van der Waals surface area contributed by atoms with Gasteiger partial charge >= 0.3 is 0 Å². The van der Waals surface area contributed by atoms with E-state index in [1.54, 1.807) is 48.8 Å². The molecule has 5 rings (SSSR count). The van der Waals surface area contributed by atoms with Gasteiger partial charge in [-0.25, -0.2) is 4.98 Å². The number of rotatable bonds is 7. The summed E-state index contributed by atoms with van der Waals surface area (Å²) in [5.41, 5.74) is 1.35. The second-order valence-electron chi connectivity index (χ2n) is 8.44. The van der Waals surface area contributed by atoms with E-state index in [2.05, 4.69) is 4.98 Å². The summed E-state index contributed by atoms with van der Waals surface area (Å²) >= 11 is 0. The first kappa shape index (κ1) is 22.4. The Kier molecular flexibility index (Phi) is 6.06. The minimum Gasteiger partial charge on any atom is -0.507 e. The molecule has 1 aromatic heterocycles. The van der Waals surface area contributed by atoms with Crippen LogP contribution in [-0.2, 0) is 16.1 Å². The van der Waals surface area contributed by atoms with Crippen LogP contribution in [0.15, 0.2) is 91.0 Å². The fourth-order valence-corrected chi connectivity index (χ4v) is 4.67. The van der Waals surface area contributed by atoms with E-state index >= 15 is 0 Å². The van der Waals surface area contributed by atoms with Crippen molar-refractivity contribution >= 4 is 28.2 Å². The quantitative estimate of drug-likeness (QED) is 0.245. The molecule has 35 heavy (non-hydrogen) atoms. The van der Waals surface area contributed by atoms with Gasteiger partial charge in [0.25, 0.3) is 11.7 Å². The van der Waals surface area contributed by atoms with Crippen LogP contribution in [-0.4, -0.2) is 44.9 Å². The molecule has 1 amide bonds. The zero-order valence-electron chi connectivity index (χ0n) is 19.3. The van der Waals surface area contributed by atoms with E-state index < -0.39 is 17.7 Å². The number of fused-ring (bicyclic) bond motifs is 1. The van der Waals surface area contributed by atoms with E-state index in [0.29, 0.717) is 30.8 Å². The van der Waals surface area contributed by atoms with Gasteiger partial charge in [-0.1, -0.05) is 42.5 Å². The lowest BCUT2D eigenvalue weighted by atomic mass is 9.91. The Morgan fingerprint density at radius 2 is 1.77 bits per heavy atom. The Bertz CT molecular complexity index is 1400. The molecule has 0 radical (unpaired) electrons. The number of carbonyl (C=O) groups excluding carboxylic acids is 2. The highest BCUT2D eigenvalue weighted by atomic mass is 16.5. The van der Waals surface area contributed by atoms with Gasteiger partial charge in [0.15, 0.2) is 0 Å². The molecule has 1 saturated heterocycles. The average molecular weight is 468 g/mol. The summed E-state index contributed by atoms with van der Waals surface area (Å²) in [6.07, 6.45) is 5.92. The van der Waals surface area contributed by atoms with Gasteiger partial charge in [0.2, 0.25) is 0 Å². The molecule has 1 fully saturated rings. The minimum absolute atomic E-state index is 0.0964. The number of aryl methyl sites for hydroxylation is 1. The van der Waals surface area contributed by atoms with Crippen LogP contribution in [0.25, 0.3) is 16.5 Å². The molecule has 0 aliphatic carbocycles. The standard InChI is InChI=1S/C28H25N3O4/c1-35-21-12-10-20(11-13-21)26(32)24-25(23-9-4-7-19-6-2-3-8-22(19)23)31(28(34)27(24)33)16-5-15-30-17-14-29-18-30/h2-4,6-14,17-18,25,32H,5,15-16H2,1H3/b26-24+. The molecule has 176 valence electrons. The lowest BCUT2D eigenvalue weighted by molar-refractivity contribution is -0.139. The summed E-state index contributed by atoms with van der Waals surface area (Å²) < 4.78 is 7.14. The van der Waals surface area contributed by atoms with Gasteiger partial charge in [-0.3, -0.25) is 9.59 Å². The highest BCUT2D eigenvalue weighted by molar-refractivity contribution is 6.46. The largest absolute Gasteiger partial charge is 0.507 e. The molecular weight excluding hydrogens is 442 g/mol. The molecule has 1 atom stereocenters. The molecule has 1 aliphatic heterocycles. The Labute approximate surface area is 202 Å². The summed E-state index contributed by atoms with van der Waals surface area (Å²) in [6.45, 7) is 1.01. The molecule has 3 aromatic carbocycles. The number of Topliss-reactive ketones (excluding diaryl/α,β-unsaturated/α-hetero) is 1. The number of hydrogen-bond donors (Lipinski definition) is 1. The summed E-state index contributed by atoms with van der Waals surface area (Å²) in [7, 11) is 1.56. The number of aromatic nitrogens is 2. The minimum atomic E-state index is -0.703. The van der Waals surface area contributed by atoms with Crippen LogP contribution >= 0.6 is 0 Å². The van der Waals surface area contributed by atoms with Crippen molar-refractivity contribution in [3.05, 3.63) is 102 Å². The van der Waals surface area contributed by atoms with Crippen molar-refractivity contribution in [1.29, 1.82) is 0 Å². The van der Waals surface area contributed by atoms with Crippen molar-refractivity contribution in [3.63, 3.8) is 0 Å². The first-order valence-electron chi connectivity index (χ1n) is 11.4. The van der Waals surface area contributed by atoms with Gasteiger partial charge < -0.3 is 19.3 Å². The van der Waals surface area contributed by atoms with Crippen LogP contribution in [0.1, 0.15) is 23.6 Å². The number of carbonyl (C=O) groups is 2. The first-order chi connectivity index (χ1) is 17.1. The van der Waals surface area contributed by atoms with E-state index in [9.17, 15) is 14.7 Å². The Hall–Kier alpha value is -4.39. The van der Waals surface area contributed by atoms with E-state index in [1.165, 1.54) is 0 Å². The van der Waals surface area contributed by atoms with Crippen LogP contribution in [0.2, 0.25) is 0 Å². The zero-order valence-corrected chi connectivity index (χ0v) is 19.3. The van der Waals surface area contributed by atoms with E-state index in [4.69, 9.17) is 4.74 Å². The van der Waals surface area contributed by atoms with E-state index in [-0.39, 0.29) is 11.3 Å². The van der Waals surface area contributed by atoms with Gasteiger partial charge in [-0.05, 0) is 47.0 Å². The van der Waals surface area contributed by atoms with Gasteiger partial charge in [-0.15, -0.1) is 0 Å². The first-order valence-corrected chi connectivity index (χ1v) is 11.4. The van der Waals surface area contributed by atoms with Crippen LogP contribution in [0, 0.1) is 0 Å². The summed E-state index contributed by atoms with van der Waals surface area (Å²) in [5.74, 6) is -0.851. The lowest BCUT2D eigenvalue weighted by Gasteiger charge is -2.26. The number of methoxy groups -OCH3 is 1. The van der Waals surface area contributed by atoms with Gasteiger partial charge in [0, 0.05) is 31.0 Å². The maximum Gasteiger partial charge on any atom is 0.295 e.